The number of carbonyl (C=O) groups is 1. The molecule has 0 fully saturated rings. The third-order valence-corrected chi connectivity index (χ3v) is 3.00. The smallest absolute Gasteiger partial charge is 0.320 e. The van der Waals surface area contributed by atoms with Crippen molar-refractivity contribution in [2.75, 3.05) is 0 Å². The highest BCUT2D eigenvalue weighted by Gasteiger charge is 2.16. The largest absolute Gasteiger partial charge is 0.480 e. The van der Waals surface area contributed by atoms with E-state index in [0.717, 1.165) is 6.42 Å². The second-order valence-electron chi connectivity index (χ2n) is 4.70. The van der Waals surface area contributed by atoms with Gasteiger partial charge in [0, 0.05) is 6.07 Å². The zero-order chi connectivity index (χ0) is 15.1. The molecule has 2 rings (SSSR count). The maximum atomic E-state index is 11.0. The predicted molar refractivity (Wildman–Crippen MR) is 78.4 cm³/mol. The lowest BCUT2D eigenvalue weighted by Gasteiger charge is -2.11. The summed E-state index contributed by atoms with van der Waals surface area (Å²) in [5.41, 5.74) is 0. The molecule has 112 valence electrons. The highest BCUT2D eigenvalue weighted by atomic mass is 16.6. The molecule has 0 aliphatic carbocycles. The molecule has 1 heterocycles. The Balaban J connectivity index is 1.89. The van der Waals surface area contributed by atoms with E-state index in [2.05, 4.69) is 5.32 Å². The third-order valence-electron chi connectivity index (χ3n) is 3.00. The summed E-state index contributed by atoms with van der Waals surface area (Å²) in [5.74, 6) is 0.883. The van der Waals surface area contributed by atoms with Gasteiger partial charge in [0.25, 0.3) is 5.95 Å². The van der Waals surface area contributed by atoms with Crippen molar-refractivity contribution in [1.82, 2.24) is 5.32 Å². The molecule has 5 heteroatoms. The van der Waals surface area contributed by atoms with E-state index in [9.17, 15) is 4.79 Å². The number of nitrogens with one attached hydrogen (secondary N) is 1. The second kappa shape index (κ2) is 7.50. The predicted octanol–water partition coefficient (Wildman–Crippen LogP) is 3.41. The van der Waals surface area contributed by atoms with Crippen LogP contribution in [0.3, 0.4) is 0 Å². The standard InChI is InChI=1S/C16H19NO4/c1-2-6-14(16(18)19)17-11-13-9-10-15(21-13)20-12-7-4-3-5-8-12/h3-5,7-10,14,17H,2,6,11H2,1H3,(H,18,19). The number of furan rings is 1. The number of hydrogen-bond donors (Lipinski definition) is 2. The highest BCUT2D eigenvalue weighted by molar-refractivity contribution is 5.73. The van der Waals surface area contributed by atoms with Gasteiger partial charge in [0.2, 0.25) is 0 Å². The number of hydrogen-bond acceptors (Lipinski definition) is 4. The van der Waals surface area contributed by atoms with Gasteiger partial charge < -0.3 is 14.3 Å². The van der Waals surface area contributed by atoms with E-state index < -0.39 is 12.0 Å². The van der Waals surface area contributed by atoms with Crippen LogP contribution in [0.4, 0.5) is 0 Å². The molecule has 2 N–H and O–H groups in total. The van der Waals surface area contributed by atoms with Crippen LogP contribution >= 0.6 is 0 Å². The second-order valence-corrected chi connectivity index (χ2v) is 4.70. The van der Waals surface area contributed by atoms with Gasteiger partial charge in [0.1, 0.15) is 17.6 Å². The van der Waals surface area contributed by atoms with E-state index >= 15 is 0 Å². The minimum atomic E-state index is -0.843. The molecule has 5 nitrogen and oxygen atoms in total. The van der Waals surface area contributed by atoms with E-state index in [0.29, 0.717) is 30.4 Å². The summed E-state index contributed by atoms with van der Waals surface area (Å²) >= 11 is 0. The fourth-order valence-electron chi connectivity index (χ4n) is 1.94. The van der Waals surface area contributed by atoms with Crippen LogP contribution in [0.25, 0.3) is 0 Å². The summed E-state index contributed by atoms with van der Waals surface area (Å²) in [5, 5.41) is 12.0. The van der Waals surface area contributed by atoms with Crippen LogP contribution in [0.2, 0.25) is 0 Å². The molecular formula is C16H19NO4. The lowest BCUT2D eigenvalue weighted by Crippen LogP contribution is -2.35. The number of benzene rings is 1. The first-order chi connectivity index (χ1) is 10.2. The van der Waals surface area contributed by atoms with Gasteiger partial charge in [-0.05, 0) is 24.6 Å². The molecule has 0 aliphatic rings. The van der Waals surface area contributed by atoms with E-state index in [1.165, 1.54) is 0 Å². The quantitative estimate of drug-likeness (QED) is 0.779. The first-order valence-electron chi connectivity index (χ1n) is 6.97. The van der Waals surface area contributed by atoms with Gasteiger partial charge >= 0.3 is 5.97 Å². The van der Waals surface area contributed by atoms with Crippen LogP contribution in [-0.4, -0.2) is 17.1 Å². The van der Waals surface area contributed by atoms with E-state index in [-0.39, 0.29) is 0 Å². The van der Waals surface area contributed by atoms with E-state index in [1.807, 2.05) is 37.3 Å². The lowest BCUT2D eigenvalue weighted by molar-refractivity contribution is -0.139. The van der Waals surface area contributed by atoms with Crippen LogP contribution in [-0.2, 0) is 11.3 Å². The maximum Gasteiger partial charge on any atom is 0.320 e. The van der Waals surface area contributed by atoms with Crippen molar-refractivity contribution in [3.8, 4) is 11.7 Å². The molecule has 0 aliphatic heterocycles. The first-order valence-corrected chi connectivity index (χ1v) is 6.97. The number of carboxylic acid groups (broad SMARTS) is 1. The van der Waals surface area contributed by atoms with Crippen molar-refractivity contribution in [1.29, 1.82) is 0 Å². The molecule has 0 radical (unpaired) electrons. The van der Waals surface area contributed by atoms with E-state index in [1.54, 1.807) is 12.1 Å². The number of carboxylic acids is 1. The van der Waals surface area contributed by atoms with Crippen LogP contribution < -0.4 is 10.1 Å². The normalized spacial score (nSPS) is 12.0. The molecule has 1 atom stereocenters. The molecule has 2 aromatic rings. The molecule has 1 aromatic carbocycles. The highest BCUT2D eigenvalue weighted by Crippen LogP contribution is 2.23. The Morgan fingerprint density at radius 3 is 2.71 bits per heavy atom. The van der Waals surface area contributed by atoms with Crippen molar-refractivity contribution in [2.45, 2.75) is 32.4 Å². The van der Waals surface area contributed by atoms with Crippen molar-refractivity contribution in [2.24, 2.45) is 0 Å². The zero-order valence-corrected chi connectivity index (χ0v) is 11.9. The Labute approximate surface area is 123 Å². The average Bonchev–Trinajstić information content (AvgIpc) is 2.92. The van der Waals surface area contributed by atoms with Crippen molar-refractivity contribution >= 4 is 5.97 Å². The van der Waals surface area contributed by atoms with Gasteiger partial charge in [-0.1, -0.05) is 31.5 Å². The Hall–Kier alpha value is -2.27. The van der Waals surface area contributed by atoms with E-state index in [4.69, 9.17) is 14.3 Å². The number of para-hydroxylation sites is 1. The number of rotatable bonds is 8. The molecule has 21 heavy (non-hydrogen) atoms. The summed E-state index contributed by atoms with van der Waals surface area (Å²) in [4.78, 5) is 11.0. The molecule has 0 amide bonds. The lowest BCUT2D eigenvalue weighted by atomic mass is 10.1. The van der Waals surface area contributed by atoms with Gasteiger partial charge in [0.15, 0.2) is 0 Å². The van der Waals surface area contributed by atoms with Gasteiger partial charge in [0.05, 0.1) is 6.54 Å². The van der Waals surface area contributed by atoms with Gasteiger partial charge in [-0.15, -0.1) is 0 Å². The molecule has 0 saturated carbocycles. The SMILES string of the molecule is CCCC(NCc1ccc(Oc2ccccc2)o1)C(=O)O. The fraction of sp³-hybridized carbons (Fsp3) is 0.312. The summed E-state index contributed by atoms with van der Waals surface area (Å²) in [6, 6.07) is 12.3. The van der Waals surface area contributed by atoms with Crippen LogP contribution in [0.5, 0.6) is 11.7 Å². The average molecular weight is 289 g/mol. The third kappa shape index (κ3) is 4.65. The Kier molecular flexibility index (Phi) is 5.40. The van der Waals surface area contributed by atoms with Crippen molar-refractivity contribution in [3.05, 3.63) is 48.2 Å². The summed E-state index contributed by atoms with van der Waals surface area (Å²) in [6.45, 7) is 2.31. The van der Waals surface area contributed by atoms with Gasteiger partial charge in [-0.3, -0.25) is 10.1 Å². The summed E-state index contributed by atoms with van der Waals surface area (Å²) in [6.07, 6.45) is 1.40. The fourth-order valence-corrected chi connectivity index (χ4v) is 1.94. The Morgan fingerprint density at radius 1 is 1.29 bits per heavy atom. The van der Waals surface area contributed by atoms with Gasteiger partial charge in [-0.2, -0.15) is 0 Å². The van der Waals surface area contributed by atoms with Crippen molar-refractivity contribution < 1.29 is 19.1 Å². The molecular weight excluding hydrogens is 270 g/mol. The minimum absolute atomic E-state index is 0.356. The topological polar surface area (TPSA) is 71.7 Å². The number of aliphatic carboxylic acids is 1. The molecule has 0 saturated heterocycles. The van der Waals surface area contributed by atoms with Crippen LogP contribution in [0, 0.1) is 0 Å². The van der Waals surface area contributed by atoms with Gasteiger partial charge in [-0.25, -0.2) is 0 Å². The molecule has 0 bridgehead atoms. The maximum absolute atomic E-state index is 11.0. The minimum Gasteiger partial charge on any atom is -0.480 e. The van der Waals surface area contributed by atoms with Crippen LogP contribution in [0.1, 0.15) is 25.5 Å². The monoisotopic (exact) mass is 289 g/mol. The number of ether oxygens (including phenoxy) is 1. The molecule has 1 unspecified atom stereocenters. The zero-order valence-electron chi connectivity index (χ0n) is 11.9. The summed E-state index contributed by atoms with van der Waals surface area (Å²) in [7, 11) is 0. The Morgan fingerprint density at radius 2 is 2.05 bits per heavy atom. The molecule has 1 aromatic heterocycles. The summed E-state index contributed by atoms with van der Waals surface area (Å²) < 4.78 is 11.1. The Bertz CT molecular complexity index is 565. The van der Waals surface area contributed by atoms with Crippen LogP contribution in [0.15, 0.2) is 46.9 Å². The molecule has 0 spiro atoms. The first kappa shape index (κ1) is 15.1. The van der Waals surface area contributed by atoms with Crippen molar-refractivity contribution in [3.63, 3.8) is 0 Å².